The van der Waals surface area contributed by atoms with Crippen LogP contribution in [0.4, 0.5) is 17.2 Å². The lowest BCUT2D eigenvalue weighted by Crippen LogP contribution is -2.14. The highest BCUT2D eigenvalue weighted by Gasteiger charge is 2.06. The molecular weight excluding hydrogens is 334 g/mol. The average Bonchev–Trinajstić information content (AvgIpc) is 2.61. The van der Waals surface area contributed by atoms with Gasteiger partial charge >= 0.3 is 0 Å². The van der Waals surface area contributed by atoms with Crippen LogP contribution in [0.25, 0.3) is 0 Å². The molecule has 126 valence electrons. The monoisotopic (exact) mass is 351 g/mol. The van der Waals surface area contributed by atoms with Crippen molar-refractivity contribution < 1.29 is 4.79 Å². The number of halogens is 1. The Morgan fingerprint density at radius 3 is 2.56 bits per heavy atom. The summed E-state index contributed by atoms with van der Waals surface area (Å²) in [5, 5.41) is 6.78. The van der Waals surface area contributed by atoms with Crippen LogP contribution < -0.4 is 10.6 Å². The Hall–Kier alpha value is -2.85. The van der Waals surface area contributed by atoms with Crippen molar-refractivity contribution in [3.8, 4) is 0 Å². The van der Waals surface area contributed by atoms with Crippen LogP contribution in [0, 0.1) is 6.92 Å². The van der Waals surface area contributed by atoms with E-state index in [4.69, 9.17) is 11.6 Å². The minimum atomic E-state index is -0.0700. The van der Waals surface area contributed by atoms with Gasteiger partial charge in [0.15, 0.2) is 0 Å². The molecule has 0 radical (unpaired) electrons. The Morgan fingerprint density at radius 2 is 1.84 bits per heavy atom. The normalized spacial score (nSPS) is 10.3. The lowest BCUT2D eigenvalue weighted by Gasteiger charge is -2.11. The van der Waals surface area contributed by atoms with E-state index in [-0.39, 0.29) is 5.91 Å². The lowest BCUT2D eigenvalue weighted by atomic mass is 10.1. The number of benzene rings is 2. The van der Waals surface area contributed by atoms with Crippen molar-refractivity contribution in [1.29, 1.82) is 0 Å². The number of carbonyl (C=O) groups excluding carboxylic acids is 1. The van der Waals surface area contributed by atoms with Crippen molar-refractivity contribution in [1.82, 2.24) is 4.98 Å². The van der Waals surface area contributed by atoms with Crippen molar-refractivity contribution >= 4 is 34.7 Å². The molecule has 2 N–H and O–H groups in total. The van der Waals surface area contributed by atoms with Gasteiger partial charge in [0.1, 0.15) is 5.82 Å². The number of pyridine rings is 1. The van der Waals surface area contributed by atoms with Gasteiger partial charge in [-0.3, -0.25) is 4.79 Å². The highest BCUT2D eigenvalue weighted by molar-refractivity contribution is 6.31. The standard InChI is InChI=1S/C20H18ClN3O/c1-14-17(21)8-5-9-18(14)24-19-11-10-16(13-22-19)23-20(25)12-15-6-3-2-4-7-15/h2-11,13H,12H2,1H3,(H,22,24)(H,23,25). The Morgan fingerprint density at radius 1 is 1.04 bits per heavy atom. The molecule has 1 amide bonds. The highest BCUT2D eigenvalue weighted by atomic mass is 35.5. The first-order valence-electron chi connectivity index (χ1n) is 7.94. The summed E-state index contributed by atoms with van der Waals surface area (Å²) >= 11 is 6.12. The molecule has 1 aromatic heterocycles. The number of carbonyl (C=O) groups is 1. The molecule has 5 heteroatoms. The van der Waals surface area contributed by atoms with Crippen molar-refractivity contribution in [3.05, 3.63) is 83.0 Å². The number of amides is 1. The number of nitrogens with zero attached hydrogens (tertiary/aromatic N) is 1. The Kier molecular flexibility index (Phi) is 5.31. The SMILES string of the molecule is Cc1c(Cl)cccc1Nc1ccc(NC(=O)Cc2ccccc2)cn1. The fraction of sp³-hybridized carbons (Fsp3) is 0.100. The molecule has 0 fully saturated rings. The zero-order valence-electron chi connectivity index (χ0n) is 13.8. The molecular formula is C20H18ClN3O. The topological polar surface area (TPSA) is 54.0 Å². The van der Waals surface area contributed by atoms with Gasteiger partial charge in [0.05, 0.1) is 18.3 Å². The van der Waals surface area contributed by atoms with E-state index < -0.39 is 0 Å². The molecule has 0 bridgehead atoms. The molecule has 0 saturated carbocycles. The van der Waals surface area contributed by atoms with Gasteiger partial charge < -0.3 is 10.6 Å². The summed E-state index contributed by atoms with van der Waals surface area (Å²) < 4.78 is 0. The van der Waals surface area contributed by atoms with E-state index in [1.807, 2.05) is 67.6 Å². The number of hydrogen-bond acceptors (Lipinski definition) is 3. The van der Waals surface area contributed by atoms with Crippen LogP contribution in [-0.4, -0.2) is 10.9 Å². The molecule has 0 spiro atoms. The first-order chi connectivity index (χ1) is 12.1. The van der Waals surface area contributed by atoms with Gasteiger partial charge in [-0.2, -0.15) is 0 Å². The molecule has 25 heavy (non-hydrogen) atoms. The third kappa shape index (κ3) is 4.58. The molecule has 0 atom stereocenters. The van der Waals surface area contributed by atoms with Crippen LogP contribution in [0.5, 0.6) is 0 Å². The number of aromatic nitrogens is 1. The molecule has 1 heterocycles. The zero-order chi connectivity index (χ0) is 17.6. The minimum absolute atomic E-state index is 0.0700. The van der Waals surface area contributed by atoms with Gasteiger partial charge in [-0.15, -0.1) is 0 Å². The maximum atomic E-state index is 12.1. The van der Waals surface area contributed by atoms with Gasteiger partial charge in [0.25, 0.3) is 0 Å². The first kappa shape index (κ1) is 17.0. The molecule has 4 nitrogen and oxygen atoms in total. The van der Waals surface area contributed by atoms with Gasteiger partial charge in [0.2, 0.25) is 5.91 Å². The quantitative estimate of drug-likeness (QED) is 0.682. The molecule has 0 aliphatic heterocycles. The Labute approximate surface area is 151 Å². The van der Waals surface area contributed by atoms with Crippen LogP contribution in [0.1, 0.15) is 11.1 Å². The van der Waals surface area contributed by atoms with E-state index in [0.717, 1.165) is 16.8 Å². The van der Waals surface area contributed by atoms with E-state index in [9.17, 15) is 4.79 Å². The predicted molar refractivity (Wildman–Crippen MR) is 102 cm³/mol. The maximum Gasteiger partial charge on any atom is 0.228 e. The largest absolute Gasteiger partial charge is 0.340 e. The van der Waals surface area contributed by atoms with Gasteiger partial charge in [0, 0.05) is 10.7 Å². The van der Waals surface area contributed by atoms with Gasteiger partial charge in [-0.05, 0) is 42.3 Å². The number of nitrogens with one attached hydrogen (secondary N) is 2. The van der Waals surface area contributed by atoms with Crippen LogP contribution in [0.15, 0.2) is 66.9 Å². The third-order valence-corrected chi connectivity index (χ3v) is 4.19. The first-order valence-corrected chi connectivity index (χ1v) is 8.31. The Bertz CT molecular complexity index is 864. The number of hydrogen-bond donors (Lipinski definition) is 2. The average molecular weight is 352 g/mol. The van der Waals surface area contributed by atoms with E-state index >= 15 is 0 Å². The summed E-state index contributed by atoms with van der Waals surface area (Å²) in [6.45, 7) is 1.95. The number of rotatable bonds is 5. The van der Waals surface area contributed by atoms with E-state index in [1.54, 1.807) is 6.20 Å². The summed E-state index contributed by atoms with van der Waals surface area (Å²) in [6.07, 6.45) is 1.97. The zero-order valence-corrected chi connectivity index (χ0v) is 14.5. The van der Waals surface area contributed by atoms with Crippen LogP contribution in [-0.2, 0) is 11.2 Å². The summed E-state index contributed by atoms with van der Waals surface area (Å²) in [7, 11) is 0. The molecule has 0 saturated heterocycles. The smallest absolute Gasteiger partial charge is 0.228 e. The second kappa shape index (κ2) is 7.81. The minimum Gasteiger partial charge on any atom is -0.340 e. The fourth-order valence-corrected chi connectivity index (χ4v) is 2.58. The highest BCUT2D eigenvalue weighted by Crippen LogP contribution is 2.25. The Balaban J connectivity index is 1.62. The second-order valence-corrected chi connectivity index (χ2v) is 6.09. The molecule has 0 aliphatic rings. The van der Waals surface area contributed by atoms with Crippen LogP contribution in [0.3, 0.4) is 0 Å². The summed E-state index contributed by atoms with van der Waals surface area (Å²) in [5.41, 5.74) is 3.50. The van der Waals surface area contributed by atoms with E-state index in [1.165, 1.54) is 0 Å². The number of anilines is 3. The van der Waals surface area contributed by atoms with Crippen molar-refractivity contribution in [2.45, 2.75) is 13.3 Å². The van der Waals surface area contributed by atoms with Crippen LogP contribution >= 0.6 is 11.6 Å². The van der Waals surface area contributed by atoms with E-state index in [0.29, 0.717) is 22.9 Å². The molecule has 2 aromatic carbocycles. The van der Waals surface area contributed by atoms with Crippen LogP contribution in [0.2, 0.25) is 5.02 Å². The molecule has 3 aromatic rings. The summed E-state index contributed by atoms with van der Waals surface area (Å²) in [6, 6.07) is 18.9. The van der Waals surface area contributed by atoms with Gasteiger partial charge in [-0.25, -0.2) is 4.98 Å². The van der Waals surface area contributed by atoms with Crippen molar-refractivity contribution in [3.63, 3.8) is 0 Å². The summed E-state index contributed by atoms with van der Waals surface area (Å²) in [4.78, 5) is 16.4. The molecule has 3 rings (SSSR count). The lowest BCUT2D eigenvalue weighted by molar-refractivity contribution is -0.115. The third-order valence-electron chi connectivity index (χ3n) is 3.79. The maximum absolute atomic E-state index is 12.1. The van der Waals surface area contributed by atoms with E-state index in [2.05, 4.69) is 15.6 Å². The predicted octanol–water partition coefficient (Wildman–Crippen LogP) is 4.97. The molecule has 0 unspecified atom stereocenters. The fourth-order valence-electron chi connectivity index (χ4n) is 2.41. The van der Waals surface area contributed by atoms with Crippen molar-refractivity contribution in [2.75, 3.05) is 10.6 Å². The summed E-state index contributed by atoms with van der Waals surface area (Å²) in [5.74, 6) is 0.616. The van der Waals surface area contributed by atoms with Crippen molar-refractivity contribution in [2.24, 2.45) is 0 Å². The molecule has 0 aliphatic carbocycles. The second-order valence-electron chi connectivity index (χ2n) is 5.68. The van der Waals surface area contributed by atoms with Gasteiger partial charge in [-0.1, -0.05) is 48.0 Å².